The van der Waals surface area contributed by atoms with Crippen LogP contribution in [-0.2, 0) is 12.8 Å². The molecule has 134 valence electrons. The molecule has 25 heavy (non-hydrogen) atoms. The Morgan fingerprint density at radius 1 is 1.04 bits per heavy atom. The average Bonchev–Trinajstić information content (AvgIpc) is 2.66. The van der Waals surface area contributed by atoms with E-state index >= 15 is 0 Å². The van der Waals surface area contributed by atoms with Gasteiger partial charge in [-0.2, -0.15) is 0 Å². The Morgan fingerprint density at radius 2 is 1.84 bits per heavy atom. The molecule has 2 aromatic rings. The molecule has 3 N–H and O–H groups in total. The fraction of sp³-hybridized carbons (Fsp3) is 0.400. The zero-order valence-corrected chi connectivity index (χ0v) is 15.4. The van der Waals surface area contributed by atoms with E-state index in [0.717, 1.165) is 42.3 Å². The second kappa shape index (κ2) is 7.66. The van der Waals surface area contributed by atoms with Gasteiger partial charge < -0.3 is 25.4 Å². The second-order valence-electron chi connectivity index (χ2n) is 6.24. The molecule has 1 unspecified atom stereocenters. The standard InChI is InChI=1S/C20H27N3O2/c1-21-16-6-5-13(9-17(16)22-2)10-18-20-14(7-8-23-18)11-15(24-3)12-19(20)25-4/h5-6,9,11-12,18,21-23H,7-8,10H2,1-4H3. The molecule has 1 atom stereocenters. The first-order valence-electron chi connectivity index (χ1n) is 8.66. The van der Waals surface area contributed by atoms with Crippen molar-refractivity contribution in [2.45, 2.75) is 18.9 Å². The van der Waals surface area contributed by atoms with Crippen molar-refractivity contribution < 1.29 is 9.47 Å². The Balaban J connectivity index is 1.93. The zero-order chi connectivity index (χ0) is 17.8. The predicted octanol–water partition coefficient (Wildman–Crippen LogP) is 3.22. The summed E-state index contributed by atoms with van der Waals surface area (Å²) in [5.41, 5.74) is 6.05. The van der Waals surface area contributed by atoms with Gasteiger partial charge in [0.1, 0.15) is 11.5 Å². The summed E-state index contributed by atoms with van der Waals surface area (Å²) in [6.45, 7) is 0.960. The van der Waals surface area contributed by atoms with Gasteiger partial charge in [0.25, 0.3) is 0 Å². The number of hydrogen-bond donors (Lipinski definition) is 3. The molecule has 0 spiro atoms. The fourth-order valence-electron chi connectivity index (χ4n) is 3.58. The maximum absolute atomic E-state index is 5.66. The van der Waals surface area contributed by atoms with E-state index in [1.807, 2.05) is 20.2 Å². The highest BCUT2D eigenvalue weighted by molar-refractivity contribution is 5.69. The van der Waals surface area contributed by atoms with Gasteiger partial charge in [-0.15, -0.1) is 0 Å². The first kappa shape index (κ1) is 17.4. The number of anilines is 2. The molecule has 0 radical (unpaired) electrons. The minimum atomic E-state index is 0.231. The van der Waals surface area contributed by atoms with Crippen molar-refractivity contribution in [2.75, 3.05) is 45.5 Å². The highest BCUT2D eigenvalue weighted by Gasteiger charge is 2.25. The Kier molecular flexibility index (Phi) is 5.34. The van der Waals surface area contributed by atoms with Crippen LogP contribution in [0.25, 0.3) is 0 Å². The van der Waals surface area contributed by atoms with Crippen LogP contribution in [0.3, 0.4) is 0 Å². The van der Waals surface area contributed by atoms with Crippen molar-refractivity contribution in [1.82, 2.24) is 5.32 Å². The molecule has 1 aliphatic rings. The Bertz CT molecular complexity index is 729. The summed E-state index contributed by atoms with van der Waals surface area (Å²) in [4.78, 5) is 0. The van der Waals surface area contributed by atoms with Gasteiger partial charge >= 0.3 is 0 Å². The van der Waals surface area contributed by atoms with Crippen LogP contribution in [0.15, 0.2) is 30.3 Å². The molecule has 0 fully saturated rings. The lowest BCUT2D eigenvalue weighted by Gasteiger charge is -2.29. The van der Waals surface area contributed by atoms with Gasteiger partial charge in [0.15, 0.2) is 0 Å². The minimum Gasteiger partial charge on any atom is -0.497 e. The van der Waals surface area contributed by atoms with Crippen LogP contribution in [0, 0.1) is 0 Å². The quantitative estimate of drug-likeness (QED) is 0.753. The predicted molar refractivity (Wildman–Crippen MR) is 103 cm³/mol. The molecule has 0 aromatic heterocycles. The van der Waals surface area contributed by atoms with Gasteiger partial charge in [0.2, 0.25) is 0 Å². The summed E-state index contributed by atoms with van der Waals surface area (Å²) in [6.07, 6.45) is 1.90. The van der Waals surface area contributed by atoms with Crippen molar-refractivity contribution in [3.63, 3.8) is 0 Å². The van der Waals surface area contributed by atoms with Gasteiger partial charge in [-0.1, -0.05) is 6.07 Å². The summed E-state index contributed by atoms with van der Waals surface area (Å²) in [6, 6.07) is 10.8. The first-order valence-corrected chi connectivity index (χ1v) is 8.66. The van der Waals surface area contributed by atoms with E-state index in [0.29, 0.717) is 0 Å². The van der Waals surface area contributed by atoms with Crippen molar-refractivity contribution >= 4 is 11.4 Å². The van der Waals surface area contributed by atoms with Gasteiger partial charge in [-0.3, -0.25) is 0 Å². The minimum absolute atomic E-state index is 0.231. The number of hydrogen-bond acceptors (Lipinski definition) is 5. The van der Waals surface area contributed by atoms with Crippen LogP contribution in [0.5, 0.6) is 11.5 Å². The maximum atomic E-state index is 5.66. The fourth-order valence-corrected chi connectivity index (χ4v) is 3.58. The Labute approximate surface area is 149 Å². The topological polar surface area (TPSA) is 54.5 Å². The lowest BCUT2D eigenvalue weighted by molar-refractivity contribution is 0.377. The number of fused-ring (bicyclic) bond motifs is 1. The maximum Gasteiger partial charge on any atom is 0.127 e. The monoisotopic (exact) mass is 341 g/mol. The van der Waals surface area contributed by atoms with E-state index in [1.165, 1.54) is 16.7 Å². The van der Waals surface area contributed by atoms with E-state index in [-0.39, 0.29) is 6.04 Å². The third-order valence-electron chi connectivity index (χ3n) is 4.85. The number of ether oxygens (including phenoxy) is 2. The van der Waals surface area contributed by atoms with Crippen molar-refractivity contribution in [1.29, 1.82) is 0 Å². The Morgan fingerprint density at radius 3 is 2.52 bits per heavy atom. The largest absolute Gasteiger partial charge is 0.497 e. The highest BCUT2D eigenvalue weighted by atomic mass is 16.5. The lowest BCUT2D eigenvalue weighted by atomic mass is 9.89. The highest BCUT2D eigenvalue weighted by Crippen LogP contribution is 2.37. The van der Waals surface area contributed by atoms with E-state index < -0.39 is 0 Å². The molecular weight excluding hydrogens is 314 g/mol. The molecule has 0 amide bonds. The molecule has 5 nitrogen and oxygen atoms in total. The SMILES string of the molecule is CNc1ccc(CC2NCCc3cc(OC)cc(OC)c32)cc1NC. The smallest absolute Gasteiger partial charge is 0.127 e. The number of nitrogens with one attached hydrogen (secondary N) is 3. The van der Waals surface area contributed by atoms with E-state index in [1.54, 1.807) is 14.2 Å². The van der Waals surface area contributed by atoms with Crippen molar-refractivity contribution in [2.24, 2.45) is 0 Å². The molecule has 2 aromatic carbocycles. The molecule has 0 saturated heterocycles. The van der Waals surface area contributed by atoms with Crippen molar-refractivity contribution in [3.05, 3.63) is 47.0 Å². The van der Waals surface area contributed by atoms with Crippen LogP contribution in [0.4, 0.5) is 11.4 Å². The summed E-state index contributed by atoms with van der Waals surface area (Å²) in [5.74, 6) is 1.75. The van der Waals surface area contributed by atoms with Gasteiger partial charge in [0.05, 0.1) is 25.6 Å². The van der Waals surface area contributed by atoms with E-state index in [2.05, 4.69) is 40.2 Å². The van der Waals surface area contributed by atoms with E-state index in [9.17, 15) is 0 Å². The van der Waals surface area contributed by atoms with Gasteiger partial charge in [-0.25, -0.2) is 0 Å². The van der Waals surface area contributed by atoms with Gasteiger partial charge in [-0.05, 0) is 48.7 Å². The number of rotatable bonds is 6. The normalized spacial score (nSPS) is 16.1. The molecule has 1 heterocycles. The molecule has 0 saturated carbocycles. The lowest BCUT2D eigenvalue weighted by Crippen LogP contribution is -2.31. The molecule has 3 rings (SSSR count). The first-order chi connectivity index (χ1) is 12.2. The third kappa shape index (κ3) is 3.51. The molecule has 5 heteroatoms. The summed E-state index contributed by atoms with van der Waals surface area (Å²) in [7, 11) is 7.31. The van der Waals surface area contributed by atoms with Crippen molar-refractivity contribution in [3.8, 4) is 11.5 Å². The van der Waals surface area contributed by atoms with E-state index in [4.69, 9.17) is 9.47 Å². The Hall–Kier alpha value is -2.40. The summed E-state index contributed by atoms with van der Waals surface area (Å²) < 4.78 is 11.1. The van der Waals surface area contributed by atoms with Crippen LogP contribution in [0.2, 0.25) is 0 Å². The van der Waals surface area contributed by atoms with Gasteiger partial charge in [0, 0.05) is 31.8 Å². The average molecular weight is 341 g/mol. The summed E-state index contributed by atoms with van der Waals surface area (Å²) >= 11 is 0. The molecular formula is C20H27N3O2. The third-order valence-corrected chi connectivity index (χ3v) is 4.85. The zero-order valence-electron chi connectivity index (χ0n) is 15.4. The molecule has 1 aliphatic heterocycles. The van der Waals surface area contributed by atoms with Crippen LogP contribution >= 0.6 is 0 Å². The van der Waals surface area contributed by atoms with Crippen LogP contribution < -0.4 is 25.4 Å². The van der Waals surface area contributed by atoms with Crippen LogP contribution in [-0.4, -0.2) is 34.9 Å². The molecule has 0 aliphatic carbocycles. The second-order valence-corrected chi connectivity index (χ2v) is 6.24. The van der Waals surface area contributed by atoms with Crippen LogP contribution in [0.1, 0.15) is 22.7 Å². The number of benzene rings is 2. The summed E-state index contributed by atoms with van der Waals surface area (Å²) in [5, 5.41) is 10.1. The number of methoxy groups -OCH3 is 2. The molecule has 0 bridgehead atoms.